The van der Waals surface area contributed by atoms with Gasteiger partial charge in [0, 0.05) is 0 Å². The molecule has 0 fully saturated rings. The molecule has 62 valence electrons. The summed E-state index contributed by atoms with van der Waals surface area (Å²) >= 11 is 0.520. The van der Waals surface area contributed by atoms with Gasteiger partial charge < -0.3 is 4.74 Å². The lowest BCUT2D eigenvalue weighted by Gasteiger charge is -1.98. The molecule has 0 saturated carbocycles. The number of alkyl halides is 3. The van der Waals surface area contributed by atoms with Crippen LogP contribution in [0.5, 0.6) is 5.88 Å². The first-order valence-electron chi connectivity index (χ1n) is 2.61. The molecule has 0 aliphatic carbocycles. The molecule has 0 saturated heterocycles. The minimum atomic E-state index is -4.36. The third kappa shape index (κ3) is 1.83. The molecule has 0 aliphatic rings. The summed E-state index contributed by atoms with van der Waals surface area (Å²) in [6, 6.07) is 0. The van der Waals surface area contributed by atoms with E-state index in [0.29, 0.717) is 11.3 Å². The zero-order valence-electron chi connectivity index (χ0n) is 5.47. The van der Waals surface area contributed by atoms with E-state index in [-0.39, 0.29) is 5.88 Å². The normalized spacial score (nSPS) is 11.6. The molecular formula is C5H4F3NOS. The van der Waals surface area contributed by atoms with Crippen LogP contribution in [0, 0.1) is 0 Å². The van der Waals surface area contributed by atoms with E-state index in [1.165, 1.54) is 12.5 Å². The van der Waals surface area contributed by atoms with Crippen molar-refractivity contribution in [2.45, 2.75) is 6.18 Å². The molecule has 0 bridgehead atoms. The van der Waals surface area contributed by atoms with Gasteiger partial charge in [0.15, 0.2) is 0 Å². The summed E-state index contributed by atoms with van der Waals surface area (Å²) in [6.45, 7) is 0. The molecule has 0 spiro atoms. The van der Waals surface area contributed by atoms with Crippen LogP contribution in [0.2, 0.25) is 0 Å². The van der Waals surface area contributed by atoms with Crippen molar-refractivity contribution in [3.8, 4) is 5.88 Å². The van der Waals surface area contributed by atoms with E-state index >= 15 is 0 Å². The molecule has 0 radical (unpaired) electrons. The average molecular weight is 183 g/mol. The Labute approximate surface area is 64.6 Å². The molecule has 2 nitrogen and oxygen atoms in total. The first kappa shape index (κ1) is 8.32. The Balaban J connectivity index is 2.89. The monoisotopic (exact) mass is 183 g/mol. The number of halogens is 3. The van der Waals surface area contributed by atoms with Gasteiger partial charge in [-0.3, -0.25) is 0 Å². The van der Waals surface area contributed by atoms with E-state index < -0.39 is 11.2 Å². The third-order valence-corrected chi connectivity index (χ3v) is 1.80. The minimum absolute atomic E-state index is 0.00215. The third-order valence-electron chi connectivity index (χ3n) is 0.935. The van der Waals surface area contributed by atoms with Crippen molar-refractivity contribution in [2.24, 2.45) is 0 Å². The average Bonchev–Trinajstić information content (AvgIpc) is 2.32. The summed E-state index contributed by atoms with van der Waals surface area (Å²) in [5.41, 5.74) is 0. The SMILES string of the molecule is COc1csc(C(F)(F)F)n1. The van der Waals surface area contributed by atoms with Crippen LogP contribution in [0.4, 0.5) is 13.2 Å². The van der Waals surface area contributed by atoms with Crippen molar-refractivity contribution in [1.82, 2.24) is 4.98 Å². The molecule has 1 aromatic rings. The van der Waals surface area contributed by atoms with Crippen molar-refractivity contribution in [3.63, 3.8) is 0 Å². The number of thiazole rings is 1. The lowest BCUT2D eigenvalue weighted by Crippen LogP contribution is -2.03. The number of ether oxygens (including phenoxy) is 1. The largest absolute Gasteiger partial charge is 0.480 e. The van der Waals surface area contributed by atoms with Gasteiger partial charge in [-0.2, -0.15) is 18.2 Å². The number of aromatic nitrogens is 1. The Morgan fingerprint density at radius 1 is 1.55 bits per heavy atom. The van der Waals surface area contributed by atoms with Gasteiger partial charge in [0.1, 0.15) is 0 Å². The van der Waals surface area contributed by atoms with Crippen LogP contribution in [0.25, 0.3) is 0 Å². The standard InChI is InChI=1S/C5H4F3NOS/c1-10-3-2-11-4(9-3)5(6,7)8/h2H,1H3. The lowest BCUT2D eigenvalue weighted by atomic mass is 10.7. The maximum Gasteiger partial charge on any atom is 0.443 e. The zero-order chi connectivity index (χ0) is 8.48. The maximum absolute atomic E-state index is 11.8. The molecule has 0 aromatic carbocycles. The molecule has 0 unspecified atom stereocenters. The van der Waals surface area contributed by atoms with Crippen LogP contribution in [0.15, 0.2) is 5.38 Å². The van der Waals surface area contributed by atoms with Crippen LogP contribution >= 0.6 is 11.3 Å². The van der Waals surface area contributed by atoms with Gasteiger partial charge in [-0.1, -0.05) is 0 Å². The first-order valence-corrected chi connectivity index (χ1v) is 3.48. The summed E-state index contributed by atoms with van der Waals surface area (Å²) in [4.78, 5) is 3.17. The summed E-state index contributed by atoms with van der Waals surface area (Å²) in [7, 11) is 1.27. The molecule has 1 heterocycles. The van der Waals surface area contributed by atoms with Crippen molar-refractivity contribution in [3.05, 3.63) is 10.4 Å². The molecule has 1 aromatic heterocycles. The molecule has 0 aliphatic heterocycles. The molecule has 1 rings (SSSR count). The second-order valence-electron chi connectivity index (χ2n) is 1.69. The smallest absolute Gasteiger partial charge is 0.443 e. The first-order chi connectivity index (χ1) is 5.04. The van der Waals surface area contributed by atoms with Gasteiger partial charge in [0.25, 0.3) is 0 Å². The van der Waals surface area contributed by atoms with E-state index in [9.17, 15) is 13.2 Å². The van der Waals surface area contributed by atoms with Crippen LogP contribution < -0.4 is 4.74 Å². The zero-order valence-corrected chi connectivity index (χ0v) is 6.29. The number of methoxy groups -OCH3 is 1. The Morgan fingerprint density at radius 3 is 2.45 bits per heavy atom. The number of rotatable bonds is 1. The Morgan fingerprint density at radius 2 is 2.18 bits per heavy atom. The Hall–Kier alpha value is -0.780. The van der Waals surface area contributed by atoms with Crippen molar-refractivity contribution in [2.75, 3.05) is 7.11 Å². The Bertz CT molecular complexity index is 244. The predicted molar refractivity (Wildman–Crippen MR) is 33.7 cm³/mol. The summed E-state index contributed by atoms with van der Waals surface area (Å²) in [5.74, 6) is 0.00215. The number of hydrogen-bond donors (Lipinski definition) is 0. The van der Waals surface area contributed by atoms with E-state index in [1.54, 1.807) is 0 Å². The highest BCUT2D eigenvalue weighted by molar-refractivity contribution is 7.09. The topological polar surface area (TPSA) is 22.1 Å². The van der Waals surface area contributed by atoms with E-state index in [4.69, 9.17) is 0 Å². The highest BCUT2D eigenvalue weighted by atomic mass is 32.1. The van der Waals surface area contributed by atoms with E-state index in [0.717, 1.165) is 0 Å². The van der Waals surface area contributed by atoms with Crippen molar-refractivity contribution >= 4 is 11.3 Å². The van der Waals surface area contributed by atoms with Gasteiger partial charge in [-0.05, 0) is 0 Å². The Kier molecular flexibility index (Phi) is 2.03. The van der Waals surface area contributed by atoms with Gasteiger partial charge >= 0.3 is 6.18 Å². The van der Waals surface area contributed by atoms with Gasteiger partial charge in [-0.15, -0.1) is 11.3 Å². The second kappa shape index (κ2) is 2.69. The van der Waals surface area contributed by atoms with E-state index in [1.807, 2.05) is 0 Å². The lowest BCUT2D eigenvalue weighted by molar-refractivity contribution is -0.137. The second-order valence-corrected chi connectivity index (χ2v) is 2.55. The van der Waals surface area contributed by atoms with Crippen LogP contribution in [-0.2, 0) is 6.18 Å². The number of hydrogen-bond acceptors (Lipinski definition) is 3. The van der Waals surface area contributed by atoms with Crippen LogP contribution in [0.1, 0.15) is 5.01 Å². The number of nitrogens with zero attached hydrogens (tertiary/aromatic N) is 1. The van der Waals surface area contributed by atoms with Crippen molar-refractivity contribution in [1.29, 1.82) is 0 Å². The summed E-state index contributed by atoms with van der Waals surface area (Å²) in [6.07, 6.45) is -4.36. The highest BCUT2D eigenvalue weighted by Crippen LogP contribution is 2.33. The highest BCUT2D eigenvalue weighted by Gasteiger charge is 2.34. The van der Waals surface area contributed by atoms with Gasteiger partial charge in [0.2, 0.25) is 10.9 Å². The summed E-state index contributed by atoms with van der Waals surface area (Å²) in [5, 5.41) is 0.331. The van der Waals surface area contributed by atoms with Gasteiger partial charge in [0.05, 0.1) is 12.5 Å². The van der Waals surface area contributed by atoms with Gasteiger partial charge in [-0.25, -0.2) is 0 Å². The fourth-order valence-electron chi connectivity index (χ4n) is 0.483. The van der Waals surface area contributed by atoms with Crippen LogP contribution in [-0.4, -0.2) is 12.1 Å². The minimum Gasteiger partial charge on any atom is -0.480 e. The van der Waals surface area contributed by atoms with Crippen molar-refractivity contribution < 1.29 is 17.9 Å². The fraction of sp³-hybridized carbons (Fsp3) is 0.400. The fourth-order valence-corrected chi connectivity index (χ4v) is 1.12. The molecule has 0 atom stereocenters. The molecule has 0 N–H and O–H groups in total. The molecular weight excluding hydrogens is 179 g/mol. The molecule has 6 heteroatoms. The van der Waals surface area contributed by atoms with E-state index in [2.05, 4.69) is 9.72 Å². The molecule has 11 heavy (non-hydrogen) atoms. The molecule has 0 amide bonds. The maximum atomic E-state index is 11.8. The quantitative estimate of drug-likeness (QED) is 0.665. The predicted octanol–water partition coefficient (Wildman–Crippen LogP) is 2.17. The van der Waals surface area contributed by atoms with Crippen LogP contribution in [0.3, 0.4) is 0 Å². The summed E-state index contributed by atoms with van der Waals surface area (Å²) < 4.78 is 40.0.